The van der Waals surface area contributed by atoms with Crippen molar-refractivity contribution in [3.8, 4) is 17.2 Å². The molecule has 1 aromatic carbocycles. The number of rotatable bonds is 2. The van der Waals surface area contributed by atoms with Crippen LogP contribution < -0.4 is 4.68 Å². The largest absolute Gasteiger partial charge is 0.337 e. The lowest BCUT2D eigenvalue weighted by molar-refractivity contribution is -0.720. The van der Waals surface area contributed by atoms with Crippen LogP contribution in [-0.2, 0) is 7.05 Å². The fourth-order valence-electron chi connectivity index (χ4n) is 1.98. The molecule has 0 radical (unpaired) electrons. The van der Waals surface area contributed by atoms with Crippen molar-refractivity contribution in [1.82, 2.24) is 19.6 Å². The normalized spacial score (nSPS) is 10.6. The Kier molecular flexibility index (Phi) is 3.00. The molecule has 0 amide bonds. The first-order valence-corrected chi connectivity index (χ1v) is 6.22. The van der Waals surface area contributed by atoms with Crippen LogP contribution in [0, 0.1) is 0 Å². The quantitative estimate of drug-likeness (QED) is 0.566. The third kappa shape index (κ3) is 2.10. The Morgan fingerprint density at radius 1 is 1.16 bits per heavy atom. The summed E-state index contributed by atoms with van der Waals surface area (Å²) in [5, 5.41) is 4.95. The second-order valence-corrected chi connectivity index (χ2v) is 4.41. The molecule has 3 aromatic rings. The van der Waals surface area contributed by atoms with Crippen LogP contribution in [0.15, 0.2) is 54.1 Å². The van der Waals surface area contributed by atoms with E-state index in [1.165, 1.54) is 0 Å². The lowest BCUT2D eigenvalue weighted by Gasteiger charge is -2.00. The van der Waals surface area contributed by atoms with Gasteiger partial charge in [0, 0.05) is 12.4 Å². The molecule has 2 heterocycles. The molecule has 0 saturated heterocycles. The minimum atomic E-state index is 0.606. The highest BCUT2D eigenvalue weighted by atomic mass is 32.1. The minimum Gasteiger partial charge on any atom is -0.261 e. The fourth-order valence-corrected chi connectivity index (χ4v) is 2.32. The summed E-state index contributed by atoms with van der Waals surface area (Å²) in [5.74, 6) is 0.837. The molecular formula is C13H12N5S+. The van der Waals surface area contributed by atoms with Gasteiger partial charge >= 0.3 is 5.82 Å². The second-order valence-electron chi connectivity index (χ2n) is 4.01. The third-order valence-corrected chi connectivity index (χ3v) is 3.05. The molecule has 2 aromatic heterocycles. The van der Waals surface area contributed by atoms with E-state index < -0.39 is 0 Å². The van der Waals surface area contributed by atoms with Gasteiger partial charge in [0.15, 0.2) is 5.69 Å². The van der Waals surface area contributed by atoms with Crippen LogP contribution in [0.4, 0.5) is 0 Å². The molecule has 0 bridgehead atoms. The van der Waals surface area contributed by atoms with Gasteiger partial charge in [0.25, 0.3) is 5.16 Å². The zero-order valence-electron chi connectivity index (χ0n) is 10.3. The summed E-state index contributed by atoms with van der Waals surface area (Å²) in [5.41, 5.74) is 1.74. The van der Waals surface area contributed by atoms with Crippen LogP contribution in [0.25, 0.3) is 17.2 Å². The molecule has 94 valence electrons. The van der Waals surface area contributed by atoms with E-state index in [9.17, 15) is 0 Å². The highest BCUT2D eigenvalue weighted by Crippen LogP contribution is 2.20. The maximum absolute atomic E-state index is 4.43. The summed E-state index contributed by atoms with van der Waals surface area (Å²) in [6.45, 7) is 0. The summed E-state index contributed by atoms with van der Waals surface area (Å²) in [6, 6.07) is 9.93. The molecule has 6 heteroatoms. The van der Waals surface area contributed by atoms with E-state index in [1.807, 2.05) is 41.9 Å². The van der Waals surface area contributed by atoms with Gasteiger partial charge in [-0.05, 0) is 17.2 Å². The molecule has 0 spiro atoms. The topological polar surface area (TPSA) is 47.5 Å². The molecule has 0 atom stereocenters. The summed E-state index contributed by atoms with van der Waals surface area (Å²) in [7, 11) is 1.86. The van der Waals surface area contributed by atoms with Crippen molar-refractivity contribution in [3.63, 3.8) is 0 Å². The molecule has 19 heavy (non-hydrogen) atoms. The molecule has 0 aliphatic rings. The highest BCUT2D eigenvalue weighted by molar-refractivity contribution is 7.80. The summed E-state index contributed by atoms with van der Waals surface area (Å²) < 4.78 is 3.69. The molecule has 0 saturated carbocycles. The van der Waals surface area contributed by atoms with Crippen LogP contribution in [0.5, 0.6) is 0 Å². The average molecular weight is 270 g/mol. The van der Waals surface area contributed by atoms with Gasteiger partial charge in [-0.15, -0.1) is 4.68 Å². The van der Waals surface area contributed by atoms with Crippen LogP contribution >= 0.6 is 12.6 Å². The first-order valence-electron chi connectivity index (χ1n) is 5.77. The van der Waals surface area contributed by atoms with E-state index >= 15 is 0 Å². The summed E-state index contributed by atoms with van der Waals surface area (Å²) in [6.07, 6.45) is 5.02. The van der Waals surface area contributed by atoms with Crippen molar-refractivity contribution >= 4 is 12.6 Å². The Hall–Kier alpha value is -2.21. The number of hydrogen-bond acceptors (Lipinski definition) is 4. The number of para-hydroxylation sites is 1. The van der Waals surface area contributed by atoms with Crippen LogP contribution in [0.3, 0.4) is 0 Å². The van der Waals surface area contributed by atoms with E-state index in [4.69, 9.17) is 0 Å². The number of benzene rings is 1. The van der Waals surface area contributed by atoms with Crippen LogP contribution in [0.1, 0.15) is 0 Å². The van der Waals surface area contributed by atoms with Gasteiger partial charge in [0.05, 0.1) is 6.20 Å². The first-order chi connectivity index (χ1) is 9.27. The van der Waals surface area contributed by atoms with E-state index in [0.717, 1.165) is 17.2 Å². The molecule has 0 unspecified atom stereocenters. The average Bonchev–Trinajstić information content (AvgIpc) is 2.75. The Morgan fingerprint density at radius 2 is 1.95 bits per heavy atom. The van der Waals surface area contributed by atoms with Crippen molar-refractivity contribution < 1.29 is 4.68 Å². The Labute approximate surface area is 116 Å². The predicted octanol–water partition coefficient (Wildman–Crippen LogP) is 1.44. The molecule has 0 aliphatic heterocycles. The smallest absolute Gasteiger partial charge is 0.261 e. The number of nitrogens with zero attached hydrogens (tertiary/aromatic N) is 5. The highest BCUT2D eigenvalue weighted by Gasteiger charge is 2.25. The van der Waals surface area contributed by atoms with Crippen molar-refractivity contribution in [3.05, 3.63) is 48.9 Å². The molecule has 0 fully saturated rings. The number of hydrogen-bond donors (Lipinski definition) is 1. The third-order valence-electron chi connectivity index (χ3n) is 2.76. The maximum Gasteiger partial charge on any atom is 0.337 e. The molecule has 5 nitrogen and oxygen atoms in total. The Morgan fingerprint density at radius 3 is 2.63 bits per heavy atom. The van der Waals surface area contributed by atoms with Crippen LogP contribution in [-0.4, -0.2) is 19.6 Å². The molecule has 3 rings (SSSR count). The Bertz CT molecular complexity index is 634. The number of aromatic nitrogens is 5. The van der Waals surface area contributed by atoms with Crippen molar-refractivity contribution in [1.29, 1.82) is 0 Å². The van der Waals surface area contributed by atoms with E-state index in [0.29, 0.717) is 5.16 Å². The van der Waals surface area contributed by atoms with E-state index in [-0.39, 0.29) is 0 Å². The monoisotopic (exact) mass is 270 g/mol. The van der Waals surface area contributed by atoms with Gasteiger partial charge in [-0.3, -0.25) is 4.98 Å². The van der Waals surface area contributed by atoms with Crippen molar-refractivity contribution in [2.24, 2.45) is 7.05 Å². The Balaban J connectivity index is 2.26. The predicted molar refractivity (Wildman–Crippen MR) is 73.0 cm³/mol. The number of aryl methyl sites for hydroxylation is 1. The second kappa shape index (κ2) is 4.81. The fraction of sp³-hybridized carbons (Fsp3) is 0.0769. The van der Waals surface area contributed by atoms with E-state index in [2.05, 4.69) is 27.7 Å². The molecule has 0 aliphatic carbocycles. The minimum absolute atomic E-state index is 0.606. The lowest BCUT2D eigenvalue weighted by atomic mass is 10.3. The standard InChI is InChI=1S/C13H11N5S/c1-17-12(11-9-14-7-8-15-11)18(13(19)16-17)10-5-3-2-4-6-10/h2-9H,1H3/p+1. The van der Waals surface area contributed by atoms with Gasteiger partial charge in [0.1, 0.15) is 12.7 Å². The summed E-state index contributed by atoms with van der Waals surface area (Å²) >= 11 is 4.43. The van der Waals surface area contributed by atoms with Crippen molar-refractivity contribution in [2.45, 2.75) is 5.16 Å². The number of thiol groups is 1. The zero-order valence-corrected chi connectivity index (χ0v) is 11.2. The van der Waals surface area contributed by atoms with Gasteiger partial charge in [-0.25, -0.2) is 4.98 Å². The summed E-state index contributed by atoms with van der Waals surface area (Å²) in [4.78, 5) is 8.44. The van der Waals surface area contributed by atoms with Gasteiger partial charge in [0.2, 0.25) is 0 Å². The molecular weight excluding hydrogens is 258 g/mol. The maximum atomic E-state index is 4.43. The van der Waals surface area contributed by atoms with Crippen molar-refractivity contribution in [2.75, 3.05) is 0 Å². The van der Waals surface area contributed by atoms with Gasteiger partial charge in [-0.2, -0.15) is 4.57 Å². The molecule has 0 N–H and O–H groups in total. The SMILES string of the molecule is C[n+]1nc(S)n(-c2ccccc2)c1-c1cnccn1. The van der Waals surface area contributed by atoms with Crippen LogP contribution in [0.2, 0.25) is 0 Å². The first kappa shape index (κ1) is 11.9. The van der Waals surface area contributed by atoms with Gasteiger partial charge < -0.3 is 0 Å². The van der Waals surface area contributed by atoms with E-state index in [1.54, 1.807) is 23.3 Å². The zero-order chi connectivity index (χ0) is 13.2. The lowest BCUT2D eigenvalue weighted by Crippen LogP contribution is -2.33. The van der Waals surface area contributed by atoms with Gasteiger partial charge in [-0.1, -0.05) is 30.8 Å².